The topological polar surface area (TPSA) is 120 Å². The quantitative estimate of drug-likeness (QED) is 0.441. The monoisotopic (exact) mass is 452 g/mol. The summed E-state index contributed by atoms with van der Waals surface area (Å²) in [5.41, 5.74) is 1.19. The summed E-state index contributed by atoms with van der Waals surface area (Å²) in [5.74, 6) is 2.75. The summed E-state index contributed by atoms with van der Waals surface area (Å²) in [7, 11) is -2.00. The van der Waals surface area contributed by atoms with Gasteiger partial charge in [-0.3, -0.25) is 9.29 Å². The molecule has 0 radical (unpaired) electrons. The molecule has 1 aromatic carbocycles. The molecule has 3 heterocycles. The molecule has 0 fully saturated rings. The molecule has 0 aliphatic heterocycles. The van der Waals surface area contributed by atoms with Crippen LogP contribution in [0.15, 0.2) is 60.3 Å². The van der Waals surface area contributed by atoms with Crippen molar-refractivity contribution in [3.63, 3.8) is 0 Å². The van der Waals surface area contributed by atoms with Crippen LogP contribution in [0.25, 0.3) is 5.82 Å². The number of sulfonamides is 1. The van der Waals surface area contributed by atoms with Gasteiger partial charge in [0.25, 0.3) is 10.0 Å². The number of hydrogen-bond acceptors (Lipinski definition) is 7. The molecule has 0 atom stereocenters. The number of aryl methyl sites for hydroxylation is 2. The zero-order valence-electron chi connectivity index (χ0n) is 18.2. The zero-order chi connectivity index (χ0) is 22.9. The van der Waals surface area contributed by atoms with Gasteiger partial charge < -0.3 is 9.88 Å². The molecule has 0 unspecified atom stereocenters. The highest BCUT2D eigenvalue weighted by molar-refractivity contribution is 7.92. The Balaban J connectivity index is 1.50. The lowest BCUT2D eigenvalue weighted by Gasteiger charge is -2.10. The smallest absolute Gasteiger partial charge is 0.280 e. The van der Waals surface area contributed by atoms with Gasteiger partial charge in [0.1, 0.15) is 29.6 Å². The summed E-state index contributed by atoms with van der Waals surface area (Å²) >= 11 is 0. The van der Waals surface area contributed by atoms with Gasteiger partial charge in [-0.25, -0.2) is 19.9 Å². The Morgan fingerprint density at radius 3 is 2.38 bits per heavy atom. The van der Waals surface area contributed by atoms with Crippen LogP contribution in [-0.4, -0.2) is 37.5 Å². The van der Waals surface area contributed by atoms with Crippen molar-refractivity contribution in [2.45, 2.75) is 31.7 Å². The van der Waals surface area contributed by atoms with E-state index in [-0.39, 0.29) is 10.9 Å². The van der Waals surface area contributed by atoms with Crippen molar-refractivity contribution >= 4 is 27.2 Å². The van der Waals surface area contributed by atoms with E-state index < -0.39 is 10.0 Å². The van der Waals surface area contributed by atoms with E-state index in [4.69, 9.17) is 0 Å². The highest BCUT2D eigenvalue weighted by atomic mass is 32.2. The molecule has 32 heavy (non-hydrogen) atoms. The van der Waals surface area contributed by atoms with E-state index in [9.17, 15) is 8.42 Å². The molecular formula is C21H24N8O2S. The largest absolute Gasteiger partial charge is 0.340 e. The Morgan fingerprint density at radius 2 is 1.75 bits per heavy atom. The molecule has 11 heteroatoms. The van der Waals surface area contributed by atoms with E-state index in [0.717, 1.165) is 5.69 Å². The van der Waals surface area contributed by atoms with Gasteiger partial charge >= 0.3 is 0 Å². The molecule has 2 N–H and O–H groups in total. The number of aromatic nitrogens is 6. The Hall–Kier alpha value is -3.73. The van der Waals surface area contributed by atoms with E-state index in [2.05, 4.69) is 30.0 Å². The average molecular weight is 453 g/mol. The third-order valence-electron chi connectivity index (χ3n) is 4.68. The van der Waals surface area contributed by atoms with Crippen LogP contribution in [0.2, 0.25) is 0 Å². The second-order valence-electron chi connectivity index (χ2n) is 7.64. The van der Waals surface area contributed by atoms with Crippen molar-refractivity contribution in [3.05, 3.63) is 66.9 Å². The van der Waals surface area contributed by atoms with Crippen LogP contribution in [0.3, 0.4) is 0 Å². The maximum atomic E-state index is 12.7. The van der Waals surface area contributed by atoms with Gasteiger partial charge in [-0.05, 0) is 31.2 Å². The van der Waals surface area contributed by atoms with Crippen LogP contribution in [0.5, 0.6) is 0 Å². The molecule has 0 saturated heterocycles. The van der Waals surface area contributed by atoms with Crippen LogP contribution >= 0.6 is 0 Å². The maximum Gasteiger partial charge on any atom is 0.280 e. The second kappa shape index (κ2) is 8.42. The van der Waals surface area contributed by atoms with Crippen LogP contribution < -0.4 is 10.0 Å². The predicted octanol–water partition coefficient (Wildman–Crippen LogP) is 3.37. The minimum absolute atomic E-state index is 0.00519. The first-order valence-electron chi connectivity index (χ1n) is 9.98. The SMILES string of the molecule is Cc1nc(Nc2ccc(NS(=O)(=O)c3cn(C)c(C(C)C)n3)cc2)cc(-n2ccnc2)n1. The van der Waals surface area contributed by atoms with E-state index in [0.29, 0.717) is 29.0 Å². The molecule has 0 saturated carbocycles. The Morgan fingerprint density at radius 1 is 1.03 bits per heavy atom. The molecule has 0 amide bonds. The standard InChI is InChI=1S/C21H24N8O2S/c1-14(2)21-26-20(12-28(21)4)32(30,31)27-17-7-5-16(6-8-17)25-18-11-19(24-15(3)23-18)29-10-9-22-13-29/h5-14,27H,1-4H3,(H,23,24,25). The van der Waals surface area contributed by atoms with E-state index >= 15 is 0 Å². The van der Waals surface area contributed by atoms with Crippen LogP contribution in [0.1, 0.15) is 31.4 Å². The molecule has 4 rings (SSSR count). The average Bonchev–Trinajstić information content (AvgIpc) is 3.39. The van der Waals surface area contributed by atoms with Crippen LogP contribution in [-0.2, 0) is 17.1 Å². The number of benzene rings is 1. The number of anilines is 3. The van der Waals surface area contributed by atoms with Crippen LogP contribution in [0.4, 0.5) is 17.2 Å². The number of nitrogens with one attached hydrogen (secondary N) is 2. The summed E-state index contributed by atoms with van der Waals surface area (Å²) in [6.45, 7) is 5.75. The molecular weight excluding hydrogens is 428 g/mol. The number of rotatable bonds is 7. The summed E-state index contributed by atoms with van der Waals surface area (Å²) in [4.78, 5) is 17.1. The molecule has 166 valence electrons. The van der Waals surface area contributed by atoms with Crippen molar-refractivity contribution in [1.29, 1.82) is 0 Å². The van der Waals surface area contributed by atoms with Gasteiger partial charge in [0, 0.05) is 49.0 Å². The summed E-state index contributed by atoms with van der Waals surface area (Å²) in [5, 5.41) is 3.21. The van der Waals surface area contributed by atoms with Crippen molar-refractivity contribution < 1.29 is 8.42 Å². The van der Waals surface area contributed by atoms with Crippen molar-refractivity contribution in [1.82, 2.24) is 29.1 Å². The fourth-order valence-corrected chi connectivity index (χ4v) is 4.30. The molecule has 0 aliphatic rings. The number of nitrogens with zero attached hydrogens (tertiary/aromatic N) is 6. The van der Waals surface area contributed by atoms with Gasteiger partial charge in [0.15, 0.2) is 5.03 Å². The third kappa shape index (κ3) is 4.62. The Labute approximate surface area is 186 Å². The first-order chi connectivity index (χ1) is 15.2. The van der Waals surface area contributed by atoms with Gasteiger partial charge in [-0.15, -0.1) is 0 Å². The normalized spacial score (nSPS) is 11.7. The first-order valence-corrected chi connectivity index (χ1v) is 11.5. The van der Waals surface area contributed by atoms with Crippen LogP contribution in [0, 0.1) is 6.92 Å². The summed E-state index contributed by atoms with van der Waals surface area (Å²) < 4.78 is 31.5. The fourth-order valence-electron chi connectivity index (χ4n) is 3.24. The lowest BCUT2D eigenvalue weighted by molar-refractivity contribution is 0.597. The number of imidazole rings is 2. The van der Waals surface area contributed by atoms with E-state index in [1.54, 1.807) is 65.2 Å². The zero-order valence-corrected chi connectivity index (χ0v) is 19.0. The second-order valence-corrected chi connectivity index (χ2v) is 9.27. The summed E-state index contributed by atoms with van der Waals surface area (Å²) in [6, 6.07) is 8.70. The highest BCUT2D eigenvalue weighted by Crippen LogP contribution is 2.22. The first kappa shape index (κ1) is 21.5. The molecule has 10 nitrogen and oxygen atoms in total. The van der Waals surface area contributed by atoms with Gasteiger partial charge in [0.2, 0.25) is 0 Å². The lowest BCUT2D eigenvalue weighted by Crippen LogP contribution is -2.13. The third-order valence-corrected chi connectivity index (χ3v) is 5.94. The van der Waals surface area contributed by atoms with Crippen molar-refractivity contribution in [2.75, 3.05) is 10.0 Å². The van der Waals surface area contributed by atoms with Gasteiger partial charge in [-0.2, -0.15) is 8.42 Å². The van der Waals surface area contributed by atoms with Crippen molar-refractivity contribution in [3.8, 4) is 5.82 Å². The minimum Gasteiger partial charge on any atom is -0.340 e. The molecule has 3 aromatic heterocycles. The molecule has 4 aromatic rings. The molecule has 0 bridgehead atoms. The Bertz CT molecular complexity index is 1330. The highest BCUT2D eigenvalue weighted by Gasteiger charge is 2.20. The maximum absolute atomic E-state index is 12.7. The van der Waals surface area contributed by atoms with E-state index in [1.165, 1.54) is 6.20 Å². The molecule has 0 spiro atoms. The van der Waals surface area contributed by atoms with Crippen molar-refractivity contribution in [2.24, 2.45) is 7.05 Å². The van der Waals surface area contributed by atoms with E-state index in [1.807, 2.05) is 20.8 Å². The van der Waals surface area contributed by atoms with Gasteiger partial charge in [0.05, 0.1) is 0 Å². The predicted molar refractivity (Wildman–Crippen MR) is 122 cm³/mol. The summed E-state index contributed by atoms with van der Waals surface area (Å²) in [6.07, 6.45) is 6.66. The minimum atomic E-state index is -3.79. The molecule has 0 aliphatic carbocycles. The number of hydrogen-bond donors (Lipinski definition) is 2. The Kier molecular flexibility index (Phi) is 5.66. The van der Waals surface area contributed by atoms with Gasteiger partial charge in [-0.1, -0.05) is 13.8 Å². The lowest BCUT2D eigenvalue weighted by atomic mass is 10.2. The fraction of sp³-hybridized carbons (Fsp3) is 0.238.